The molecule has 0 aromatic carbocycles. The van der Waals surface area contributed by atoms with Gasteiger partial charge in [0, 0.05) is 17.3 Å². The highest BCUT2D eigenvalue weighted by Gasteiger charge is 2.32. The number of nitrogens with one attached hydrogen (secondary N) is 1. The Morgan fingerprint density at radius 2 is 2.33 bits per heavy atom. The van der Waals surface area contributed by atoms with E-state index in [-0.39, 0.29) is 17.9 Å². The van der Waals surface area contributed by atoms with Crippen LogP contribution in [-0.4, -0.2) is 23.7 Å². The molecule has 1 aliphatic carbocycles. The zero-order valence-corrected chi connectivity index (χ0v) is 11.8. The van der Waals surface area contributed by atoms with E-state index in [9.17, 15) is 9.90 Å². The van der Waals surface area contributed by atoms with Gasteiger partial charge in [0.15, 0.2) is 0 Å². The fraction of sp³-hybridized carbons (Fsp3) is 0.643. The molecule has 1 amide bonds. The second-order valence-electron chi connectivity index (χ2n) is 5.57. The molecule has 1 fully saturated rings. The maximum atomic E-state index is 12.2. The van der Waals surface area contributed by atoms with Crippen molar-refractivity contribution in [3.8, 4) is 0 Å². The molecule has 2 atom stereocenters. The molecule has 1 aromatic heterocycles. The lowest BCUT2D eigenvalue weighted by molar-refractivity contribution is -0.125. The van der Waals surface area contributed by atoms with Gasteiger partial charge in [0.25, 0.3) is 0 Å². The van der Waals surface area contributed by atoms with Crippen molar-refractivity contribution in [2.75, 3.05) is 6.54 Å². The summed E-state index contributed by atoms with van der Waals surface area (Å²) >= 11 is 1.61. The molecule has 2 unspecified atom stereocenters. The largest absolute Gasteiger partial charge is 0.393 e. The third-order valence-corrected chi connectivity index (χ3v) is 5.04. The first kappa shape index (κ1) is 13.6. The van der Waals surface area contributed by atoms with Gasteiger partial charge in [-0.3, -0.25) is 4.79 Å². The quantitative estimate of drug-likeness (QED) is 0.879. The number of aliphatic hydroxyl groups excluding tert-OH is 1. The third-order valence-electron chi connectivity index (χ3n) is 3.85. The van der Waals surface area contributed by atoms with Gasteiger partial charge >= 0.3 is 0 Å². The highest BCUT2D eigenvalue weighted by atomic mass is 32.1. The maximum Gasteiger partial charge on any atom is 0.230 e. The van der Waals surface area contributed by atoms with E-state index in [0.29, 0.717) is 6.54 Å². The minimum atomic E-state index is -0.488. The Morgan fingerprint density at radius 3 is 2.89 bits per heavy atom. The highest BCUT2D eigenvalue weighted by molar-refractivity contribution is 7.10. The van der Waals surface area contributed by atoms with Crippen molar-refractivity contribution in [3.05, 3.63) is 22.4 Å². The first-order valence-corrected chi connectivity index (χ1v) is 7.40. The lowest BCUT2D eigenvalue weighted by Gasteiger charge is -2.24. The van der Waals surface area contributed by atoms with Crippen molar-refractivity contribution < 1.29 is 9.90 Å². The van der Waals surface area contributed by atoms with Gasteiger partial charge < -0.3 is 10.4 Å². The van der Waals surface area contributed by atoms with E-state index in [1.54, 1.807) is 11.3 Å². The van der Waals surface area contributed by atoms with Crippen LogP contribution in [0.4, 0.5) is 0 Å². The standard InChI is InChI=1S/C14H21NO2S/c1-14(2,12-7-4-8-18-12)13(17)15-9-10-5-3-6-11(10)16/h4,7-8,10-11,16H,3,5-6,9H2,1-2H3,(H,15,17). The topological polar surface area (TPSA) is 49.3 Å². The second kappa shape index (κ2) is 5.41. The lowest BCUT2D eigenvalue weighted by atomic mass is 9.90. The number of hydrogen-bond donors (Lipinski definition) is 2. The molecule has 18 heavy (non-hydrogen) atoms. The monoisotopic (exact) mass is 267 g/mol. The van der Waals surface area contributed by atoms with Gasteiger partial charge in [-0.2, -0.15) is 0 Å². The molecule has 2 rings (SSSR count). The Labute approximate surface area is 112 Å². The number of hydrogen-bond acceptors (Lipinski definition) is 3. The minimum Gasteiger partial charge on any atom is -0.393 e. The zero-order valence-electron chi connectivity index (χ0n) is 11.0. The number of aliphatic hydroxyl groups is 1. The van der Waals surface area contributed by atoms with Crippen molar-refractivity contribution in [1.82, 2.24) is 5.32 Å². The van der Waals surface area contributed by atoms with Gasteiger partial charge in [-0.25, -0.2) is 0 Å². The van der Waals surface area contributed by atoms with Crippen LogP contribution >= 0.6 is 11.3 Å². The van der Waals surface area contributed by atoms with Crippen molar-refractivity contribution in [3.63, 3.8) is 0 Å². The Balaban J connectivity index is 1.91. The summed E-state index contributed by atoms with van der Waals surface area (Å²) < 4.78 is 0. The van der Waals surface area contributed by atoms with Gasteiger partial charge in [-0.1, -0.05) is 12.5 Å². The molecule has 3 nitrogen and oxygen atoms in total. The molecule has 1 aliphatic rings. The molecule has 0 aliphatic heterocycles. The van der Waals surface area contributed by atoms with E-state index in [0.717, 1.165) is 24.1 Å². The SMILES string of the molecule is CC(C)(C(=O)NCC1CCCC1O)c1cccs1. The molecular weight excluding hydrogens is 246 g/mol. The number of rotatable bonds is 4. The normalized spacial score (nSPS) is 24.2. The first-order valence-electron chi connectivity index (χ1n) is 6.52. The van der Waals surface area contributed by atoms with E-state index < -0.39 is 5.41 Å². The fourth-order valence-corrected chi connectivity index (χ4v) is 3.29. The molecule has 1 aromatic rings. The predicted octanol–water partition coefficient (Wildman–Crippen LogP) is 2.30. The average molecular weight is 267 g/mol. The molecule has 1 saturated carbocycles. The summed E-state index contributed by atoms with van der Waals surface area (Å²) in [5, 5.41) is 14.7. The van der Waals surface area contributed by atoms with Gasteiger partial charge in [-0.15, -0.1) is 11.3 Å². The number of amides is 1. The van der Waals surface area contributed by atoms with Crippen LogP contribution < -0.4 is 5.32 Å². The predicted molar refractivity (Wildman–Crippen MR) is 73.7 cm³/mol. The molecule has 100 valence electrons. The summed E-state index contributed by atoms with van der Waals surface area (Å²) in [5.74, 6) is 0.275. The Hall–Kier alpha value is -0.870. The molecule has 0 saturated heterocycles. The average Bonchev–Trinajstić information content (AvgIpc) is 2.97. The number of carbonyl (C=O) groups excluding carboxylic acids is 1. The van der Waals surface area contributed by atoms with E-state index >= 15 is 0 Å². The molecule has 0 radical (unpaired) electrons. The van der Waals surface area contributed by atoms with Crippen LogP contribution in [0.15, 0.2) is 17.5 Å². The molecular formula is C14H21NO2S. The van der Waals surface area contributed by atoms with Crippen molar-refractivity contribution in [1.29, 1.82) is 0 Å². The second-order valence-corrected chi connectivity index (χ2v) is 6.52. The van der Waals surface area contributed by atoms with Crippen LogP contribution in [0.1, 0.15) is 38.0 Å². The summed E-state index contributed by atoms with van der Waals surface area (Å²) in [6.45, 7) is 4.48. The van der Waals surface area contributed by atoms with E-state index in [1.165, 1.54) is 0 Å². The molecule has 1 heterocycles. The maximum absolute atomic E-state index is 12.2. The smallest absolute Gasteiger partial charge is 0.230 e. The van der Waals surface area contributed by atoms with Crippen LogP contribution in [0.2, 0.25) is 0 Å². The number of carbonyl (C=O) groups is 1. The summed E-state index contributed by atoms with van der Waals surface area (Å²) in [4.78, 5) is 13.3. The summed E-state index contributed by atoms with van der Waals surface area (Å²) in [5.41, 5.74) is -0.488. The number of thiophene rings is 1. The van der Waals surface area contributed by atoms with Crippen molar-refractivity contribution >= 4 is 17.2 Å². The summed E-state index contributed by atoms with van der Waals surface area (Å²) in [6.07, 6.45) is 2.71. The highest BCUT2D eigenvalue weighted by Crippen LogP contribution is 2.28. The molecule has 0 spiro atoms. The zero-order chi connectivity index (χ0) is 13.2. The van der Waals surface area contributed by atoms with E-state index in [1.807, 2.05) is 31.4 Å². The van der Waals surface area contributed by atoms with Crippen molar-refractivity contribution in [2.24, 2.45) is 5.92 Å². The molecule has 0 bridgehead atoms. The van der Waals surface area contributed by atoms with Crippen LogP contribution in [-0.2, 0) is 10.2 Å². The van der Waals surface area contributed by atoms with Gasteiger partial charge in [0.1, 0.15) is 0 Å². The van der Waals surface area contributed by atoms with E-state index in [2.05, 4.69) is 5.32 Å². The third kappa shape index (κ3) is 2.75. The van der Waals surface area contributed by atoms with Crippen LogP contribution in [0.25, 0.3) is 0 Å². The Morgan fingerprint density at radius 1 is 1.56 bits per heavy atom. The van der Waals surface area contributed by atoms with Crippen LogP contribution in [0.3, 0.4) is 0 Å². The summed E-state index contributed by atoms with van der Waals surface area (Å²) in [7, 11) is 0. The van der Waals surface area contributed by atoms with Crippen LogP contribution in [0, 0.1) is 5.92 Å². The van der Waals surface area contributed by atoms with Gasteiger partial charge in [-0.05, 0) is 38.1 Å². The molecule has 4 heteroatoms. The van der Waals surface area contributed by atoms with Gasteiger partial charge in [0.2, 0.25) is 5.91 Å². The lowest BCUT2D eigenvalue weighted by Crippen LogP contribution is -2.42. The molecule has 2 N–H and O–H groups in total. The Kier molecular flexibility index (Phi) is 4.07. The summed E-state index contributed by atoms with van der Waals surface area (Å²) in [6, 6.07) is 3.96. The minimum absolute atomic E-state index is 0.0454. The first-order chi connectivity index (χ1) is 8.51. The Bertz CT molecular complexity index is 400. The fourth-order valence-electron chi connectivity index (χ4n) is 2.45. The van der Waals surface area contributed by atoms with Crippen molar-refractivity contribution in [2.45, 2.75) is 44.6 Å². The van der Waals surface area contributed by atoms with Gasteiger partial charge in [0.05, 0.1) is 11.5 Å². The van der Waals surface area contributed by atoms with E-state index in [4.69, 9.17) is 0 Å². The van der Waals surface area contributed by atoms with Crippen LogP contribution in [0.5, 0.6) is 0 Å².